The van der Waals surface area contributed by atoms with Gasteiger partial charge >= 0.3 is 57.4 Å². The first-order valence-electron chi connectivity index (χ1n) is 6.93. The Morgan fingerprint density at radius 2 is 1.92 bits per heavy atom. The molecule has 0 saturated heterocycles. The monoisotopic (exact) mass is 365 g/mol. The molecule has 0 radical (unpaired) electrons. The number of carboxylic acid groups (broad SMARTS) is 1. The fourth-order valence-corrected chi connectivity index (χ4v) is 2.40. The number of aliphatic carboxylic acids is 1. The zero-order valence-electron chi connectivity index (χ0n) is 14.2. The van der Waals surface area contributed by atoms with E-state index in [1.807, 2.05) is 0 Å². The quantitative estimate of drug-likeness (QED) is 0.311. The molecule has 0 aromatic heterocycles. The van der Waals surface area contributed by atoms with E-state index in [9.17, 15) is 24.8 Å². The van der Waals surface area contributed by atoms with E-state index in [0.717, 1.165) is 0 Å². The van der Waals surface area contributed by atoms with Gasteiger partial charge in [0.2, 0.25) is 6.04 Å². The number of nitro groups is 1. The number of carboxylic acids is 1. The summed E-state index contributed by atoms with van der Waals surface area (Å²) in [5, 5.41) is 22.7. The number of aliphatic imine (C=N–C) groups is 1. The normalized spacial score (nSPS) is 15.8. The molecular weight excluding hydrogens is 353 g/mol. The van der Waals surface area contributed by atoms with Crippen LogP contribution in [-0.2, 0) is 9.59 Å². The Morgan fingerprint density at radius 3 is 2.52 bits per heavy atom. The Hall–Kier alpha value is -1.91. The first-order valence-corrected chi connectivity index (χ1v) is 6.93. The van der Waals surface area contributed by atoms with Crippen molar-refractivity contribution in [1.29, 1.82) is 0 Å². The van der Waals surface area contributed by atoms with Crippen LogP contribution in [0.5, 0.6) is 0 Å². The summed E-state index contributed by atoms with van der Waals surface area (Å²) in [6.45, 7) is 0. The van der Waals surface area contributed by atoms with Crippen LogP contribution in [-0.4, -0.2) is 33.7 Å². The molecule has 2 aromatic rings. The molecule has 2 N–H and O–H groups in total. The predicted octanol–water partition coefficient (Wildman–Crippen LogP) is -1.05. The first kappa shape index (κ1) is 19.4. The van der Waals surface area contributed by atoms with Gasteiger partial charge in [0, 0.05) is 23.3 Å². The second-order valence-electron chi connectivity index (χ2n) is 5.06. The Labute approximate surface area is 186 Å². The number of nitrogens with zero attached hydrogens (tertiary/aromatic N) is 2. The van der Waals surface area contributed by atoms with Gasteiger partial charge in [0.25, 0.3) is 11.6 Å². The van der Waals surface area contributed by atoms with Crippen molar-refractivity contribution < 1.29 is 72.4 Å². The molecule has 2 aromatic carbocycles. The number of carbonyl (C=O) groups excluding carboxylic acids is 1. The number of anilines is 1. The molecule has 3 rings (SSSR count). The molecule has 9 heteroatoms. The molecule has 8 nitrogen and oxygen atoms in total. The molecule has 1 aliphatic heterocycles. The van der Waals surface area contributed by atoms with Crippen LogP contribution in [0.1, 0.15) is 12.6 Å². The maximum atomic E-state index is 12.1. The number of benzodiazepines with no additional fused rings is 1. The van der Waals surface area contributed by atoms with Crippen molar-refractivity contribution in [2.45, 2.75) is 6.04 Å². The number of benzene rings is 2. The molecule has 0 spiro atoms. The minimum atomic E-state index is -1.63. The van der Waals surface area contributed by atoms with Crippen molar-refractivity contribution in [3.63, 3.8) is 0 Å². The van der Waals surface area contributed by atoms with E-state index in [0.29, 0.717) is 11.1 Å². The van der Waals surface area contributed by atoms with Crippen LogP contribution < -0.4 is 56.7 Å². The van der Waals surface area contributed by atoms with Gasteiger partial charge in [-0.05, 0) is 6.07 Å². The van der Waals surface area contributed by atoms with Gasteiger partial charge in [-0.15, -0.1) is 0 Å². The Bertz CT molecular complexity index is 889. The van der Waals surface area contributed by atoms with Gasteiger partial charge in [-0.25, -0.2) is 4.79 Å². The molecule has 1 aliphatic rings. The average Bonchev–Trinajstić information content (AvgIpc) is 2.71. The van der Waals surface area contributed by atoms with Crippen molar-refractivity contribution in [3.05, 3.63) is 69.8 Å². The zero-order valence-corrected chi connectivity index (χ0v) is 16.3. The van der Waals surface area contributed by atoms with Gasteiger partial charge in [-0.2, -0.15) is 0 Å². The molecule has 1 amide bonds. The van der Waals surface area contributed by atoms with Crippen LogP contribution in [0.15, 0.2) is 53.5 Å². The van der Waals surface area contributed by atoms with Crippen LogP contribution in [0.4, 0.5) is 11.4 Å². The summed E-state index contributed by atoms with van der Waals surface area (Å²) in [7, 11) is 0. The van der Waals surface area contributed by atoms with E-state index in [4.69, 9.17) is 0 Å². The Balaban J connectivity index is 0.00000169. The summed E-state index contributed by atoms with van der Waals surface area (Å²) in [6.07, 6.45) is 0. The number of non-ortho nitro benzene ring substituents is 1. The van der Waals surface area contributed by atoms with E-state index in [1.165, 1.54) is 18.2 Å². The third-order valence-electron chi connectivity index (χ3n) is 3.51. The molecule has 1 heterocycles. The third kappa shape index (κ3) is 4.02. The Morgan fingerprint density at radius 1 is 1.24 bits per heavy atom. The second-order valence-corrected chi connectivity index (χ2v) is 5.06. The maximum absolute atomic E-state index is 12.1. The molecule has 122 valence electrons. The van der Waals surface area contributed by atoms with Gasteiger partial charge in [0.05, 0.1) is 16.3 Å². The molecule has 0 fully saturated rings. The van der Waals surface area contributed by atoms with Crippen molar-refractivity contribution in [2.75, 3.05) is 5.32 Å². The number of rotatable bonds is 3. The van der Waals surface area contributed by atoms with Gasteiger partial charge in [0.1, 0.15) is 0 Å². The molecule has 0 saturated carbocycles. The summed E-state index contributed by atoms with van der Waals surface area (Å²) in [4.78, 5) is 37.9. The van der Waals surface area contributed by atoms with Crippen LogP contribution in [0, 0.1) is 10.1 Å². The van der Waals surface area contributed by atoms with E-state index in [2.05, 4.69) is 10.3 Å². The topological polar surface area (TPSA) is 122 Å². The van der Waals surface area contributed by atoms with E-state index >= 15 is 0 Å². The predicted molar refractivity (Wildman–Crippen MR) is 86.3 cm³/mol. The van der Waals surface area contributed by atoms with Crippen molar-refractivity contribution in [3.8, 4) is 0 Å². The van der Waals surface area contributed by atoms with Crippen LogP contribution in [0.25, 0.3) is 0 Å². The van der Waals surface area contributed by atoms with Crippen molar-refractivity contribution in [2.24, 2.45) is 4.99 Å². The zero-order chi connectivity index (χ0) is 17.3. The van der Waals surface area contributed by atoms with Gasteiger partial charge in [-0.1, -0.05) is 30.3 Å². The SMILES string of the molecule is O=C(O)[C@H]1N=C(c2ccccc2)c2cc([N+](=O)[O-])ccc2NC1=O.[H-].[K+]. The summed E-state index contributed by atoms with van der Waals surface area (Å²) < 4.78 is 0. The van der Waals surface area contributed by atoms with E-state index < -0.39 is 22.8 Å². The Kier molecular flexibility index (Phi) is 6.19. The van der Waals surface area contributed by atoms with Crippen molar-refractivity contribution in [1.82, 2.24) is 0 Å². The number of nitro benzene ring substituents is 1. The molecule has 0 unspecified atom stereocenters. The summed E-state index contributed by atoms with van der Waals surface area (Å²) in [6, 6.07) is 10.9. The van der Waals surface area contributed by atoms with Crippen LogP contribution in [0.2, 0.25) is 0 Å². The largest absolute Gasteiger partial charge is 1.00 e. The fraction of sp³-hybridized carbons (Fsp3) is 0.0625. The standard InChI is InChI=1S/C16H11N3O5.K.H/c20-15-14(16(21)22)18-13(9-4-2-1-3-5-9)11-8-10(19(23)24)6-7-12(11)17-15;;/h1-8,14H,(H,17,20)(H,21,22);;/q;+1;-1/t14-;;/m0../s1. The molecule has 1 atom stereocenters. The molecule has 25 heavy (non-hydrogen) atoms. The number of nitrogens with one attached hydrogen (secondary N) is 1. The van der Waals surface area contributed by atoms with Gasteiger partial charge in [-0.3, -0.25) is 19.9 Å². The van der Waals surface area contributed by atoms with Gasteiger partial charge in [0.15, 0.2) is 0 Å². The second kappa shape index (κ2) is 7.98. The minimum Gasteiger partial charge on any atom is -1.00 e. The summed E-state index contributed by atoms with van der Waals surface area (Å²) >= 11 is 0. The summed E-state index contributed by atoms with van der Waals surface area (Å²) in [5.41, 5.74) is 1.16. The minimum absolute atomic E-state index is 0. The van der Waals surface area contributed by atoms with Gasteiger partial charge < -0.3 is 11.8 Å². The number of hydrogen-bond acceptors (Lipinski definition) is 5. The number of fused-ring (bicyclic) bond motifs is 1. The first-order chi connectivity index (χ1) is 11.5. The number of carbonyl (C=O) groups is 2. The maximum Gasteiger partial charge on any atom is 1.00 e. The molecule has 0 aliphatic carbocycles. The summed E-state index contributed by atoms with van der Waals surface area (Å²) in [5.74, 6) is -2.20. The molecular formula is C16H12KN3O5. The van der Waals surface area contributed by atoms with Crippen molar-refractivity contribution >= 4 is 29.0 Å². The van der Waals surface area contributed by atoms with Crippen LogP contribution >= 0.6 is 0 Å². The van der Waals surface area contributed by atoms with E-state index in [-0.39, 0.29) is 69.9 Å². The fourth-order valence-electron chi connectivity index (χ4n) is 2.40. The van der Waals surface area contributed by atoms with Crippen LogP contribution in [0.3, 0.4) is 0 Å². The molecule has 0 bridgehead atoms. The number of hydrogen-bond donors (Lipinski definition) is 2. The third-order valence-corrected chi connectivity index (χ3v) is 3.51. The smallest absolute Gasteiger partial charge is 1.00 e. The van der Waals surface area contributed by atoms with E-state index in [1.54, 1.807) is 30.3 Å². The average molecular weight is 365 g/mol. The number of amides is 1.